The van der Waals surface area contributed by atoms with Crippen LogP contribution in [0.25, 0.3) is 0 Å². The Kier molecular flexibility index (Phi) is 35.6. The van der Waals surface area contributed by atoms with Gasteiger partial charge >= 0.3 is 17.9 Å². The van der Waals surface area contributed by atoms with Crippen LogP contribution in [0.1, 0.15) is 202 Å². The van der Waals surface area contributed by atoms with Crippen LogP contribution in [0.15, 0.2) is 29.8 Å². The first-order valence-corrected chi connectivity index (χ1v) is 22.2. The van der Waals surface area contributed by atoms with E-state index in [-0.39, 0.29) is 24.0 Å². The fourth-order valence-corrected chi connectivity index (χ4v) is 6.49. The van der Waals surface area contributed by atoms with Gasteiger partial charge in [0.05, 0.1) is 13.2 Å². The van der Waals surface area contributed by atoms with E-state index in [1.807, 2.05) is 6.08 Å². The molecule has 0 fully saturated rings. The van der Waals surface area contributed by atoms with Gasteiger partial charge in [0.15, 0.2) is 0 Å². The molecule has 0 spiro atoms. The van der Waals surface area contributed by atoms with Crippen LogP contribution in [0, 0.1) is 11.8 Å². The molecule has 7 nitrogen and oxygen atoms in total. The van der Waals surface area contributed by atoms with Gasteiger partial charge in [0.2, 0.25) is 0 Å². The fraction of sp³-hybridized carbons (Fsp3) is 0.830. The molecule has 0 aromatic carbocycles. The largest absolute Gasteiger partial charge is 0.466 e. The molecule has 0 amide bonds. The SMILES string of the molecule is C=C=C=C=CC(CCCCC)CCOC(=O)CCCCCCCC(CCCCCCCC(=O)OCCC(C)CCCCC)OC(=O)CCCN(C)C(C)C. The minimum Gasteiger partial charge on any atom is -0.466 e. The number of esters is 3. The third-order valence-electron chi connectivity index (χ3n) is 10.5. The van der Waals surface area contributed by atoms with Gasteiger partial charge < -0.3 is 19.1 Å². The van der Waals surface area contributed by atoms with Gasteiger partial charge in [-0.15, -0.1) is 0 Å². The number of carbonyl (C=O) groups is 3. The lowest BCUT2D eigenvalue weighted by Gasteiger charge is -2.21. The molecule has 0 aromatic rings. The number of allylic oxidation sites excluding steroid dienone is 1. The molecule has 0 aromatic heterocycles. The van der Waals surface area contributed by atoms with Crippen molar-refractivity contribution >= 4 is 17.9 Å². The molecule has 0 aliphatic heterocycles. The summed E-state index contributed by atoms with van der Waals surface area (Å²) >= 11 is 0. The third-order valence-corrected chi connectivity index (χ3v) is 10.5. The zero-order chi connectivity index (χ0) is 40.1. The zero-order valence-electron chi connectivity index (χ0n) is 36.0. The highest BCUT2D eigenvalue weighted by Gasteiger charge is 2.15. The Balaban J connectivity index is 4.42. The summed E-state index contributed by atoms with van der Waals surface area (Å²) in [4.78, 5) is 39.5. The van der Waals surface area contributed by atoms with Crippen molar-refractivity contribution in [3.05, 3.63) is 29.8 Å². The van der Waals surface area contributed by atoms with Crippen LogP contribution in [0.3, 0.4) is 0 Å². The van der Waals surface area contributed by atoms with Crippen molar-refractivity contribution in [2.24, 2.45) is 11.8 Å². The highest BCUT2D eigenvalue weighted by atomic mass is 16.5. The second-order valence-corrected chi connectivity index (χ2v) is 15.9. The van der Waals surface area contributed by atoms with Crippen molar-refractivity contribution in [3.63, 3.8) is 0 Å². The molecule has 3 unspecified atom stereocenters. The van der Waals surface area contributed by atoms with Gasteiger partial charge in [-0.25, -0.2) is 0 Å². The average Bonchev–Trinajstić information content (AvgIpc) is 3.13. The van der Waals surface area contributed by atoms with E-state index in [4.69, 9.17) is 14.2 Å². The summed E-state index contributed by atoms with van der Waals surface area (Å²) in [6.07, 6.45) is 27.4. The minimum atomic E-state index is -0.113. The first kappa shape index (κ1) is 51.5. The first-order chi connectivity index (χ1) is 26.1. The summed E-state index contributed by atoms with van der Waals surface area (Å²) in [6, 6.07) is 0.461. The molecule has 0 radical (unpaired) electrons. The van der Waals surface area contributed by atoms with Crippen LogP contribution in [-0.2, 0) is 28.6 Å². The second kappa shape index (κ2) is 37.4. The smallest absolute Gasteiger partial charge is 0.306 e. The summed E-state index contributed by atoms with van der Waals surface area (Å²) in [6.45, 7) is 16.4. The van der Waals surface area contributed by atoms with Gasteiger partial charge in [0.25, 0.3) is 0 Å². The lowest BCUT2D eigenvalue weighted by molar-refractivity contribution is -0.150. The molecule has 0 saturated heterocycles. The van der Waals surface area contributed by atoms with Crippen molar-refractivity contribution in [1.29, 1.82) is 0 Å². The van der Waals surface area contributed by atoms with Crippen molar-refractivity contribution in [2.45, 2.75) is 214 Å². The molecule has 0 aliphatic carbocycles. The fourth-order valence-electron chi connectivity index (χ4n) is 6.49. The van der Waals surface area contributed by atoms with Crippen LogP contribution < -0.4 is 0 Å². The summed E-state index contributed by atoms with van der Waals surface area (Å²) in [7, 11) is 2.09. The molecule has 0 heterocycles. The maximum absolute atomic E-state index is 12.7. The summed E-state index contributed by atoms with van der Waals surface area (Å²) < 4.78 is 17.0. The van der Waals surface area contributed by atoms with Gasteiger partial charge in [-0.05, 0) is 122 Å². The van der Waals surface area contributed by atoms with Crippen LogP contribution in [-0.4, -0.2) is 61.8 Å². The van der Waals surface area contributed by atoms with Crippen molar-refractivity contribution < 1.29 is 28.6 Å². The summed E-state index contributed by atoms with van der Waals surface area (Å²) in [5, 5.41) is 0. The highest BCUT2D eigenvalue weighted by molar-refractivity contribution is 5.70. The lowest BCUT2D eigenvalue weighted by atomic mass is 9.98. The summed E-state index contributed by atoms with van der Waals surface area (Å²) in [5.74, 6) is 0.674. The molecule has 0 saturated carbocycles. The van der Waals surface area contributed by atoms with Crippen molar-refractivity contribution in [3.8, 4) is 0 Å². The van der Waals surface area contributed by atoms with Crippen LogP contribution in [0.5, 0.6) is 0 Å². The molecule has 0 bridgehead atoms. The predicted molar refractivity (Wildman–Crippen MR) is 224 cm³/mol. The maximum Gasteiger partial charge on any atom is 0.306 e. The van der Waals surface area contributed by atoms with Crippen LogP contribution >= 0.6 is 0 Å². The maximum atomic E-state index is 12.7. The molecule has 0 rings (SSSR count). The normalized spacial score (nSPS) is 12.7. The number of ether oxygens (including phenoxy) is 3. The first-order valence-electron chi connectivity index (χ1n) is 22.2. The van der Waals surface area contributed by atoms with E-state index in [9.17, 15) is 14.4 Å². The molecule has 3 atom stereocenters. The Labute approximate surface area is 332 Å². The van der Waals surface area contributed by atoms with Gasteiger partial charge in [-0.1, -0.05) is 116 Å². The average molecular weight is 758 g/mol. The predicted octanol–water partition coefficient (Wildman–Crippen LogP) is 12.4. The van der Waals surface area contributed by atoms with Crippen molar-refractivity contribution in [2.75, 3.05) is 26.8 Å². The van der Waals surface area contributed by atoms with Gasteiger partial charge in [0, 0.05) is 25.3 Å². The topological polar surface area (TPSA) is 82.1 Å². The Morgan fingerprint density at radius 3 is 1.67 bits per heavy atom. The van der Waals surface area contributed by atoms with Gasteiger partial charge in [-0.2, -0.15) is 0 Å². The standard InChI is InChI=1S/C47H83NO6/c1-8-11-20-28-42(6)36-39-52-45(49)33-25-18-14-16-23-31-44(54-47(51)35-27-38-48(7)41(4)5)32-24-17-15-19-26-34-46(50)53-40-37-43(29-21-12-9-2)30-22-13-10-3/h29,41-44H,2,8,10-11,13-20,22-28,30-40H2,1,3-7H3. The van der Waals surface area contributed by atoms with Gasteiger partial charge in [0.1, 0.15) is 6.10 Å². The Bertz CT molecular complexity index is 1050. The van der Waals surface area contributed by atoms with E-state index in [0.29, 0.717) is 50.4 Å². The minimum absolute atomic E-state index is 0.0430. The van der Waals surface area contributed by atoms with E-state index in [1.165, 1.54) is 38.5 Å². The number of carbonyl (C=O) groups excluding carboxylic acids is 3. The lowest BCUT2D eigenvalue weighted by Crippen LogP contribution is -2.28. The molecule has 54 heavy (non-hydrogen) atoms. The van der Waals surface area contributed by atoms with E-state index >= 15 is 0 Å². The van der Waals surface area contributed by atoms with Gasteiger partial charge in [-0.3, -0.25) is 14.4 Å². The van der Waals surface area contributed by atoms with Crippen LogP contribution in [0.4, 0.5) is 0 Å². The quantitative estimate of drug-likeness (QED) is 0.0270. The number of unbranched alkanes of at least 4 members (excludes halogenated alkanes) is 12. The zero-order valence-corrected chi connectivity index (χ0v) is 36.0. The van der Waals surface area contributed by atoms with E-state index < -0.39 is 0 Å². The molecule has 0 N–H and O–H groups in total. The molecule has 0 aliphatic rings. The number of hydrogen-bond donors (Lipinski definition) is 0. The van der Waals surface area contributed by atoms with Crippen LogP contribution in [0.2, 0.25) is 0 Å². The Hall–Kier alpha value is -2.55. The molecule has 312 valence electrons. The monoisotopic (exact) mass is 758 g/mol. The van der Waals surface area contributed by atoms with Crippen molar-refractivity contribution in [1.82, 2.24) is 4.90 Å². The summed E-state index contributed by atoms with van der Waals surface area (Å²) in [5.41, 5.74) is 8.36. The molecular formula is C47H83NO6. The Morgan fingerprint density at radius 2 is 1.11 bits per heavy atom. The second-order valence-electron chi connectivity index (χ2n) is 15.9. The number of hydrogen-bond acceptors (Lipinski definition) is 7. The number of rotatable bonds is 37. The number of nitrogens with zero attached hydrogens (tertiary/aromatic N) is 1. The molecule has 7 heteroatoms. The highest BCUT2D eigenvalue weighted by Crippen LogP contribution is 2.19. The Morgan fingerprint density at radius 1 is 0.611 bits per heavy atom. The van der Waals surface area contributed by atoms with E-state index in [2.05, 4.69) is 70.3 Å². The van der Waals surface area contributed by atoms with E-state index in [1.54, 1.807) is 0 Å². The third kappa shape index (κ3) is 34.0. The molecular weight excluding hydrogens is 675 g/mol. The van der Waals surface area contributed by atoms with E-state index in [0.717, 1.165) is 116 Å².